The van der Waals surface area contributed by atoms with Gasteiger partial charge in [0.05, 0.1) is 0 Å². The Hall–Kier alpha value is -1.60. The van der Waals surface area contributed by atoms with Crippen LogP contribution in [0.4, 0.5) is 0 Å². The van der Waals surface area contributed by atoms with Crippen molar-refractivity contribution in [2.45, 2.75) is 125 Å². The third kappa shape index (κ3) is 10.3. The van der Waals surface area contributed by atoms with Crippen LogP contribution in [-0.2, 0) is 6.42 Å². The monoisotopic (exact) mass is 465 g/mol. The highest BCUT2D eigenvalue weighted by Crippen LogP contribution is 2.35. The van der Waals surface area contributed by atoms with Crippen molar-refractivity contribution in [2.75, 3.05) is 13.1 Å². The minimum Gasteiger partial charge on any atom is -0.299 e. The molecule has 1 aliphatic carbocycles. The molecular weight excluding hydrogens is 410 g/mol. The second-order valence-corrected chi connectivity index (χ2v) is 10.1. The lowest BCUT2D eigenvalue weighted by atomic mass is 9.94. The Morgan fingerprint density at radius 1 is 0.618 bits per heavy atom. The normalized spacial score (nSPS) is 11.8. The van der Waals surface area contributed by atoms with Gasteiger partial charge in [0.2, 0.25) is 0 Å². The lowest BCUT2D eigenvalue weighted by Crippen LogP contribution is -2.43. The van der Waals surface area contributed by atoms with Gasteiger partial charge in [-0.3, -0.25) is 4.90 Å². The molecule has 0 aromatic heterocycles. The Kier molecular flexibility index (Phi) is 15.9. The molecule has 0 fully saturated rings. The van der Waals surface area contributed by atoms with Crippen LogP contribution in [0.3, 0.4) is 0 Å². The van der Waals surface area contributed by atoms with E-state index in [9.17, 15) is 0 Å². The van der Waals surface area contributed by atoms with Crippen LogP contribution in [0.2, 0.25) is 0 Å². The van der Waals surface area contributed by atoms with Crippen LogP contribution in [0.15, 0.2) is 48.5 Å². The summed E-state index contributed by atoms with van der Waals surface area (Å²) in [5.41, 5.74) is 6.15. The van der Waals surface area contributed by atoms with E-state index in [0.717, 1.165) is 6.42 Å². The molecule has 2 aromatic carbocycles. The topological polar surface area (TPSA) is 3.24 Å². The maximum Gasteiger partial charge on any atom is 0.0153 e. The lowest BCUT2D eigenvalue weighted by Gasteiger charge is -2.37. The second kappa shape index (κ2) is 17.8. The molecule has 34 heavy (non-hydrogen) atoms. The lowest BCUT2D eigenvalue weighted by molar-refractivity contribution is 0.122. The van der Waals surface area contributed by atoms with Crippen LogP contribution in [0, 0.1) is 0 Å². The SMILES string of the molecule is CC.CCCCCCCCCCCC(C)(C)N(CC)CC.c1ccc2c(c1)Cc1ccccc1-2. The van der Waals surface area contributed by atoms with Crippen molar-refractivity contribution in [1.29, 1.82) is 0 Å². The molecule has 3 rings (SSSR count). The summed E-state index contributed by atoms with van der Waals surface area (Å²) in [6, 6.07) is 17.3. The van der Waals surface area contributed by atoms with Crippen LogP contribution in [0.1, 0.15) is 124 Å². The molecular formula is C33H55N. The van der Waals surface area contributed by atoms with Crippen LogP contribution < -0.4 is 0 Å². The maximum atomic E-state index is 2.59. The maximum absolute atomic E-state index is 2.59. The van der Waals surface area contributed by atoms with Crippen LogP contribution >= 0.6 is 0 Å². The van der Waals surface area contributed by atoms with E-state index in [4.69, 9.17) is 0 Å². The smallest absolute Gasteiger partial charge is 0.0153 e. The summed E-state index contributed by atoms with van der Waals surface area (Å²) < 4.78 is 0. The molecule has 1 aliphatic rings. The Balaban J connectivity index is 0.000000331. The first-order chi connectivity index (χ1) is 16.5. The van der Waals surface area contributed by atoms with Gasteiger partial charge in [-0.05, 0) is 62.0 Å². The van der Waals surface area contributed by atoms with Gasteiger partial charge in [-0.2, -0.15) is 0 Å². The molecule has 0 atom stereocenters. The number of nitrogens with zero attached hydrogens (tertiary/aromatic N) is 1. The summed E-state index contributed by atoms with van der Waals surface area (Å²) in [5.74, 6) is 0. The quantitative estimate of drug-likeness (QED) is 0.227. The van der Waals surface area contributed by atoms with Crippen LogP contribution in [-0.4, -0.2) is 23.5 Å². The van der Waals surface area contributed by atoms with Crippen LogP contribution in [0.5, 0.6) is 0 Å². The molecule has 2 aromatic rings. The zero-order valence-corrected chi connectivity index (χ0v) is 23.8. The third-order valence-electron chi connectivity index (χ3n) is 7.22. The average molecular weight is 466 g/mol. The molecule has 0 amide bonds. The summed E-state index contributed by atoms with van der Waals surface area (Å²) in [4.78, 5) is 2.59. The Labute approximate surface area is 213 Å². The first-order valence-electron chi connectivity index (χ1n) is 14.4. The Morgan fingerprint density at radius 3 is 1.47 bits per heavy atom. The number of rotatable bonds is 13. The standard InChI is InChI=1S/C18H39N.C13H10.C2H6/c1-6-9-10-11-12-13-14-15-16-17-18(4,5)19(7-2)8-3;1-3-7-12-10(5-1)9-11-6-2-4-8-13(11)12;1-2/h6-17H2,1-5H3;1-8H,9H2;1-2H3. The summed E-state index contributed by atoms with van der Waals surface area (Å²) in [7, 11) is 0. The van der Waals surface area contributed by atoms with E-state index in [1.807, 2.05) is 13.8 Å². The van der Waals surface area contributed by atoms with E-state index >= 15 is 0 Å². The van der Waals surface area contributed by atoms with E-state index in [1.165, 1.54) is 99.6 Å². The predicted molar refractivity (Wildman–Crippen MR) is 155 cm³/mol. The van der Waals surface area contributed by atoms with Crippen molar-refractivity contribution in [1.82, 2.24) is 4.90 Å². The number of fused-ring (bicyclic) bond motifs is 3. The van der Waals surface area contributed by atoms with Crippen molar-refractivity contribution in [3.63, 3.8) is 0 Å². The number of hydrogen-bond acceptors (Lipinski definition) is 1. The van der Waals surface area contributed by atoms with Gasteiger partial charge in [-0.1, -0.05) is 141 Å². The predicted octanol–water partition coefficient (Wildman–Crippen LogP) is 10.3. The molecule has 0 unspecified atom stereocenters. The number of hydrogen-bond donors (Lipinski definition) is 0. The van der Waals surface area contributed by atoms with Gasteiger partial charge in [0.15, 0.2) is 0 Å². The van der Waals surface area contributed by atoms with Gasteiger partial charge in [0.1, 0.15) is 0 Å². The fraction of sp³-hybridized carbons (Fsp3) is 0.636. The summed E-state index contributed by atoms with van der Waals surface area (Å²) >= 11 is 0. The van der Waals surface area contributed by atoms with E-state index in [2.05, 4.69) is 88.0 Å². The first-order valence-corrected chi connectivity index (χ1v) is 14.4. The summed E-state index contributed by atoms with van der Waals surface area (Å²) in [5, 5.41) is 0. The fourth-order valence-electron chi connectivity index (χ4n) is 5.19. The summed E-state index contributed by atoms with van der Waals surface area (Å²) in [6.07, 6.45) is 15.3. The van der Waals surface area contributed by atoms with Gasteiger partial charge in [0.25, 0.3) is 0 Å². The minimum absolute atomic E-state index is 0.393. The van der Waals surface area contributed by atoms with Crippen molar-refractivity contribution in [3.8, 4) is 11.1 Å². The minimum atomic E-state index is 0.393. The summed E-state index contributed by atoms with van der Waals surface area (Å²) in [6.45, 7) is 18.0. The van der Waals surface area contributed by atoms with Crippen molar-refractivity contribution in [3.05, 3.63) is 59.7 Å². The molecule has 0 saturated heterocycles. The first kappa shape index (κ1) is 30.4. The molecule has 0 radical (unpaired) electrons. The second-order valence-electron chi connectivity index (χ2n) is 10.1. The molecule has 0 N–H and O–H groups in total. The fourth-order valence-corrected chi connectivity index (χ4v) is 5.19. The molecule has 1 heteroatoms. The third-order valence-corrected chi connectivity index (χ3v) is 7.22. The van der Waals surface area contributed by atoms with Gasteiger partial charge in [-0.15, -0.1) is 0 Å². The van der Waals surface area contributed by atoms with E-state index in [1.54, 1.807) is 0 Å². The zero-order valence-electron chi connectivity index (χ0n) is 23.8. The van der Waals surface area contributed by atoms with Gasteiger partial charge >= 0.3 is 0 Å². The molecule has 192 valence electrons. The molecule has 0 heterocycles. The van der Waals surface area contributed by atoms with Crippen molar-refractivity contribution >= 4 is 0 Å². The van der Waals surface area contributed by atoms with Gasteiger partial charge < -0.3 is 0 Å². The van der Waals surface area contributed by atoms with E-state index < -0.39 is 0 Å². The highest BCUT2D eigenvalue weighted by Gasteiger charge is 2.23. The number of unbranched alkanes of at least 4 members (excludes halogenated alkanes) is 8. The van der Waals surface area contributed by atoms with Crippen LogP contribution in [0.25, 0.3) is 11.1 Å². The average Bonchev–Trinajstić information content (AvgIpc) is 3.24. The highest BCUT2D eigenvalue weighted by molar-refractivity contribution is 5.76. The van der Waals surface area contributed by atoms with Crippen molar-refractivity contribution < 1.29 is 0 Å². The molecule has 1 nitrogen and oxygen atoms in total. The Bertz CT molecular complexity index is 713. The number of benzene rings is 2. The molecule has 0 bridgehead atoms. The largest absolute Gasteiger partial charge is 0.299 e. The van der Waals surface area contributed by atoms with E-state index in [0.29, 0.717) is 5.54 Å². The highest BCUT2D eigenvalue weighted by atomic mass is 15.2. The van der Waals surface area contributed by atoms with E-state index in [-0.39, 0.29) is 0 Å². The molecule has 0 aliphatic heterocycles. The van der Waals surface area contributed by atoms with Gasteiger partial charge in [-0.25, -0.2) is 0 Å². The van der Waals surface area contributed by atoms with Crippen molar-refractivity contribution in [2.24, 2.45) is 0 Å². The zero-order chi connectivity index (χ0) is 25.2. The van der Waals surface area contributed by atoms with Gasteiger partial charge in [0, 0.05) is 5.54 Å². The Morgan fingerprint density at radius 2 is 1.03 bits per heavy atom. The molecule has 0 spiro atoms. The molecule has 0 saturated carbocycles.